The van der Waals surface area contributed by atoms with Crippen LogP contribution in [0.1, 0.15) is 38.2 Å². The number of anilines is 1. The van der Waals surface area contributed by atoms with Gasteiger partial charge in [-0.3, -0.25) is 14.5 Å². The summed E-state index contributed by atoms with van der Waals surface area (Å²) in [4.78, 5) is 29.3. The maximum atomic E-state index is 13.2. The zero-order valence-corrected chi connectivity index (χ0v) is 17.5. The van der Waals surface area contributed by atoms with Gasteiger partial charge in [-0.1, -0.05) is 74.0 Å². The van der Waals surface area contributed by atoms with Crippen LogP contribution in [-0.4, -0.2) is 24.4 Å². The van der Waals surface area contributed by atoms with E-state index >= 15 is 0 Å². The summed E-state index contributed by atoms with van der Waals surface area (Å²) in [6, 6.07) is 17.8. The topological polar surface area (TPSA) is 49.4 Å². The molecule has 1 N–H and O–H groups in total. The first kappa shape index (κ1) is 19.8. The van der Waals surface area contributed by atoms with Crippen LogP contribution in [0.2, 0.25) is 0 Å². The van der Waals surface area contributed by atoms with Crippen molar-refractivity contribution in [2.75, 3.05) is 11.4 Å². The molecule has 1 saturated carbocycles. The fourth-order valence-electron chi connectivity index (χ4n) is 4.05. The van der Waals surface area contributed by atoms with Crippen molar-refractivity contribution < 1.29 is 9.59 Å². The molecule has 0 aromatic heterocycles. The summed E-state index contributed by atoms with van der Waals surface area (Å²) in [5.74, 6) is 0.281. The maximum absolute atomic E-state index is 13.2. The fraction of sp³-hybridized carbons (Fsp3) is 0.333. The smallest absolute Gasteiger partial charge is 0.265 e. The van der Waals surface area contributed by atoms with Crippen molar-refractivity contribution in [2.24, 2.45) is 5.92 Å². The predicted octanol–water partition coefficient (Wildman–Crippen LogP) is 4.86. The molecule has 2 aliphatic rings. The molecule has 29 heavy (non-hydrogen) atoms. The standard InChI is InChI=1S/C24H26N2O2S/c1-17-9-5-6-12-19(17)25-23(27)16-26-20-13-7-8-14-21(20)29-22(24(26)28)15-18-10-3-2-4-11-18/h2-4,7-8,10-11,13-15,17,19H,5-6,9,12,16H2,1H3,(H,25,27). The Morgan fingerprint density at radius 2 is 1.83 bits per heavy atom. The third-order valence-electron chi connectivity index (χ3n) is 5.69. The minimum Gasteiger partial charge on any atom is -0.352 e. The Kier molecular flexibility index (Phi) is 6.05. The Labute approximate surface area is 176 Å². The second kappa shape index (κ2) is 8.87. The predicted molar refractivity (Wildman–Crippen MR) is 119 cm³/mol. The average molecular weight is 407 g/mol. The van der Waals surface area contributed by atoms with Gasteiger partial charge in [0.05, 0.1) is 10.6 Å². The van der Waals surface area contributed by atoms with Crippen LogP contribution < -0.4 is 10.2 Å². The van der Waals surface area contributed by atoms with Crippen LogP contribution in [0.15, 0.2) is 64.4 Å². The second-order valence-corrected chi connectivity index (χ2v) is 8.90. The van der Waals surface area contributed by atoms with E-state index in [4.69, 9.17) is 0 Å². The van der Waals surface area contributed by atoms with E-state index in [0.717, 1.165) is 35.4 Å². The number of thioether (sulfide) groups is 1. The molecule has 4 rings (SSSR count). The zero-order valence-electron chi connectivity index (χ0n) is 16.6. The number of benzene rings is 2. The number of rotatable bonds is 4. The lowest BCUT2D eigenvalue weighted by Gasteiger charge is -2.32. The summed E-state index contributed by atoms with van der Waals surface area (Å²) in [7, 11) is 0. The largest absolute Gasteiger partial charge is 0.352 e. The van der Waals surface area contributed by atoms with Crippen molar-refractivity contribution in [1.82, 2.24) is 5.32 Å². The summed E-state index contributed by atoms with van der Waals surface area (Å²) in [5.41, 5.74) is 1.78. The molecule has 0 saturated heterocycles. The molecule has 2 aromatic carbocycles. The summed E-state index contributed by atoms with van der Waals surface area (Å²) in [6.45, 7) is 2.24. The first-order chi connectivity index (χ1) is 14.1. The first-order valence-corrected chi connectivity index (χ1v) is 11.1. The van der Waals surface area contributed by atoms with Gasteiger partial charge in [0, 0.05) is 10.9 Å². The summed E-state index contributed by atoms with van der Waals surface area (Å²) in [5, 5.41) is 3.17. The minimum absolute atomic E-state index is 0.0474. The van der Waals surface area contributed by atoms with Gasteiger partial charge in [-0.25, -0.2) is 0 Å². The molecule has 1 aliphatic carbocycles. The highest BCUT2D eigenvalue weighted by atomic mass is 32.2. The highest BCUT2D eigenvalue weighted by Crippen LogP contribution is 2.41. The van der Waals surface area contributed by atoms with Crippen LogP contribution in [0.5, 0.6) is 0 Å². The van der Waals surface area contributed by atoms with Gasteiger partial charge in [-0.2, -0.15) is 0 Å². The van der Waals surface area contributed by atoms with Crippen molar-refractivity contribution in [1.29, 1.82) is 0 Å². The number of amides is 2. The molecule has 2 atom stereocenters. The van der Waals surface area contributed by atoms with Crippen molar-refractivity contribution in [3.63, 3.8) is 0 Å². The molecule has 4 nitrogen and oxygen atoms in total. The molecule has 2 unspecified atom stereocenters. The van der Waals surface area contributed by atoms with Gasteiger partial charge >= 0.3 is 0 Å². The molecule has 1 aliphatic heterocycles. The summed E-state index contributed by atoms with van der Waals surface area (Å²) >= 11 is 1.47. The van der Waals surface area contributed by atoms with E-state index < -0.39 is 0 Å². The van der Waals surface area contributed by atoms with E-state index in [1.165, 1.54) is 18.2 Å². The van der Waals surface area contributed by atoms with Gasteiger partial charge in [-0.05, 0) is 42.5 Å². The van der Waals surface area contributed by atoms with Crippen molar-refractivity contribution in [3.05, 3.63) is 65.1 Å². The number of carbonyl (C=O) groups is 2. The van der Waals surface area contributed by atoms with E-state index in [9.17, 15) is 9.59 Å². The number of para-hydroxylation sites is 1. The van der Waals surface area contributed by atoms with Gasteiger partial charge in [0.15, 0.2) is 0 Å². The third kappa shape index (κ3) is 4.56. The number of nitrogens with one attached hydrogen (secondary N) is 1. The Balaban J connectivity index is 1.56. The molecular weight excluding hydrogens is 380 g/mol. The van der Waals surface area contributed by atoms with E-state index in [-0.39, 0.29) is 24.4 Å². The Bertz CT molecular complexity index is 925. The van der Waals surface area contributed by atoms with E-state index in [2.05, 4.69) is 12.2 Å². The first-order valence-electron chi connectivity index (χ1n) is 10.3. The number of hydrogen-bond donors (Lipinski definition) is 1. The highest BCUT2D eigenvalue weighted by Gasteiger charge is 2.31. The number of hydrogen-bond acceptors (Lipinski definition) is 3. The normalized spacial score (nSPS) is 23.0. The minimum atomic E-state index is -0.121. The van der Waals surface area contributed by atoms with E-state index in [0.29, 0.717) is 10.8 Å². The molecule has 2 amide bonds. The van der Waals surface area contributed by atoms with E-state index in [1.807, 2.05) is 60.7 Å². The van der Waals surface area contributed by atoms with Gasteiger partial charge in [-0.15, -0.1) is 0 Å². The highest BCUT2D eigenvalue weighted by molar-refractivity contribution is 8.04. The number of fused-ring (bicyclic) bond motifs is 1. The molecule has 0 bridgehead atoms. The van der Waals surface area contributed by atoms with E-state index in [1.54, 1.807) is 4.90 Å². The van der Waals surface area contributed by atoms with Crippen molar-refractivity contribution in [3.8, 4) is 0 Å². The summed E-state index contributed by atoms with van der Waals surface area (Å²) in [6.07, 6.45) is 6.46. The summed E-state index contributed by atoms with van der Waals surface area (Å²) < 4.78 is 0. The van der Waals surface area contributed by atoms with Gasteiger partial charge in [0.25, 0.3) is 5.91 Å². The molecule has 0 radical (unpaired) electrons. The quantitative estimate of drug-likeness (QED) is 0.738. The van der Waals surface area contributed by atoms with Crippen LogP contribution in [0, 0.1) is 5.92 Å². The zero-order chi connectivity index (χ0) is 20.2. The van der Waals surface area contributed by atoms with Crippen LogP contribution in [0.25, 0.3) is 6.08 Å². The molecule has 1 heterocycles. The van der Waals surface area contributed by atoms with Gasteiger partial charge in [0.1, 0.15) is 6.54 Å². The van der Waals surface area contributed by atoms with Gasteiger partial charge in [0.2, 0.25) is 5.91 Å². The fourth-order valence-corrected chi connectivity index (χ4v) is 5.11. The molecule has 1 fully saturated rings. The SMILES string of the molecule is CC1CCCCC1NC(=O)CN1C(=O)C(=Cc2ccccc2)Sc2ccccc21. The molecule has 0 spiro atoms. The lowest BCUT2D eigenvalue weighted by molar-refractivity contribution is -0.123. The van der Waals surface area contributed by atoms with Crippen molar-refractivity contribution in [2.45, 2.75) is 43.5 Å². The Hall–Kier alpha value is -2.53. The third-order valence-corrected chi connectivity index (χ3v) is 6.77. The lowest BCUT2D eigenvalue weighted by atomic mass is 9.86. The molecule has 5 heteroatoms. The second-order valence-electron chi connectivity index (χ2n) is 7.82. The molecule has 2 aromatic rings. The monoisotopic (exact) mass is 406 g/mol. The average Bonchev–Trinajstić information content (AvgIpc) is 2.73. The molecular formula is C24H26N2O2S. The van der Waals surface area contributed by atoms with Crippen LogP contribution >= 0.6 is 11.8 Å². The van der Waals surface area contributed by atoms with Crippen molar-refractivity contribution >= 4 is 35.3 Å². The lowest BCUT2D eigenvalue weighted by Crippen LogP contribution is -2.48. The maximum Gasteiger partial charge on any atom is 0.265 e. The van der Waals surface area contributed by atoms with Crippen LogP contribution in [0.3, 0.4) is 0 Å². The Morgan fingerprint density at radius 3 is 2.62 bits per heavy atom. The Morgan fingerprint density at radius 1 is 1.10 bits per heavy atom. The molecule has 150 valence electrons. The number of nitrogens with zero attached hydrogens (tertiary/aromatic N) is 1. The van der Waals surface area contributed by atoms with Crippen LogP contribution in [0.4, 0.5) is 5.69 Å². The number of carbonyl (C=O) groups excluding carboxylic acids is 2. The van der Waals surface area contributed by atoms with Gasteiger partial charge < -0.3 is 5.32 Å². The van der Waals surface area contributed by atoms with Crippen LogP contribution in [-0.2, 0) is 9.59 Å².